The van der Waals surface area contributed by atoms with Crippen molar-refractivity contribution in [2.45, 2.75) is 13.0 Å². The summed E-state index contributed by atoms with van der Waals surface area (Å²) >= 11 is 0. The topological polar surface area (TPSA) is 53.4 Å². The highest BCUT2D eigenvalue weighted by molar-refractivity contribution is 5.94. The Kier molecular flexibility index (Phi) is 3.28. The number of hydrogen-bond acceptors (Lipinski definition) is 4. The van der Waals surface area contributed by atoms with Crippen LogP contribution < -0.4 is 5.32 Å². The number of carbonyl (C=O) groups is 1. The molecule has 6 heteroatoms. The second-order valence-corrected chi connectivity index (χ2v) is 5.42. The van der Waals surface area contributed by atoms with Crippen LogP contribution in [0.2, 0.25) is 0 Å². The van der Waals surface area contributed by atoms with Crippen LogP contribution in [0, 0.1) is 0 Å². The highest BCUT2D eigenvalue weighted by Gasteiger charge is 2.28. The fourth-order valence-electron chi connectivity index (χ4n) is 2.85. The maximum Gasteiger partial charge on any atom is 0.274 e. The number of likely N-dealkylation sites (N-methyl/N-ethyl adjacent to an activating group) is 1. The SMILES string of the molecule is CN1CCN(C(=O)c2nn(C)c3c2CNCC3)CC1. The fraction of sp³-hybridized carbons (Fsp3) is 0.692. The number of hydrogen-bond donors (Lipinski definition) is 1. The molecular weight excluding hydrogens is 242 g/mol. The summed E-state index contributed by atoms with van der Waals surface area (Å²) in [5, 5.41) is 7.79. The number of amides is 1. The fourth-order valence-corrected chi connectivity index (χ4v) is 2.85. The van der Waals surface area contributed by atoms with Gasteiger partial charge >= 0.3 is 0 Å². The van der Waals surface area contributed by atoms with Gasteiger partial charge in [-0.05, 0) is 7.05 Å². The van der Waals surface area contributed by atoms with E-state index in [9.17, 15) is 4.79 Å². The third-order valence-electron chi connectivity index (χ3n) is 4.11. The molecule has 0 radical (unpaired) electrons. The Bertz CT molecular complexity index is 487. The number of carbonyl (C=O) groups excluding carboxylic acids is 1. The quantitative estimate of drug-likeness (QED) is 0.739. The highest BCUT2D eigenvalue weighted by atomic mass is 16.2. The molecule has 1 fully saturated rings. The lowest BCUT2D eigenvalue weighted by Crippen LogP contribution is -2.47. The minimum atomic E-state index is 0.0913. The van der Waals surface area contributed by atoms with Crippen LogP contribution in [0.5, 0.6) is 0 Å². The molecule has 0 atom stereocenters. The first kappa shape index (κ1) is 12.6. The zero-order valence-electron chi connectivity index (χ0n) is 11.6. The first-order valence-electron chi connectivity index (χ1n) is 6.90. The lowest BCUT2D eigenvalue weighted by Gasteiger charge is -2.32. The van der Waals surface area contributed by atoms with Gasteiger partial charge in [0.2, 0.25) is 0 Å². The molecule has 1 aromatic heterocycles. The van der Waals surface area contributed by atoms with Crippen molar-refractivity contribution < 1.29 is 4.79 Å². The maximum atomic E-state index is 12.6. The Morgan fingerprint density at radius 2 is 1.95 bits per heavy atom. The molecule has 3 rings (SSSR count). The van der Waals surface area contributed by atoms with Crippen LogP contribution in [0.25, 0.3) is 0 Å². The van der Waals surface area contributed by atoms with Gasteiger partial charge in [-0.3, -0.25) is 9.48 Å². The zero-order valence-corrected chi connectivity index (χ0v) is 11.6. The van der Waals surface area contributed by atoms with Gasteiger partial charge in [-0.15, -0.1) is 0 Å². The van der Waals surface area contributed by atoms with Crippen molar-refractivity contribution in [3.8, 4) is 0 Å². The van der Waals surface area contributed by atoms with Crippen LogP contribution in [-0.2, 0) is 20.0 Å². The number of piperazine rings is 1. The monoisotopic (exact) mass is 263 g/mol. The van der Waals surface area contributed by atoms with Gasteiger partial charge in [0.05, 0.1) is 0 Å². The van der Waals surface area contributed by atoms with Gasteiger partial charge in [0.25, 0.3) is 5.91 Å². The van der Waals surface area contributed by atoms with E-state index in [1.807, 2.05) is 16.6 Å². The van der Waals surface area contributed by atoms with Crippen molar-refractivity contribution >= 4 is 5.91 Å². The largest absolute Gasteiger partial charge is 0.335 e. The van der Waals surface area contributed by atoms with Crippen LogP contribution in [0.1, 0.15) is 21.7 Å². The molecule has 104 valence electrons. The molecule has 3 heterocycles. The molecule has 0 aliphatic carbocycles. The molecule has 1 amide bonds. The van der Waals surface area contributed by atoms with Gasteiger partial charge in [0.15, 0.2) is 5.69 Å². The number of aromatic nitrogens is 2. The van der Waals surface area contributed by atoms with Gasteiger partial charge in [0.1, 0.15) is 0 Å². The summed E-state index contributed by atoms with van der Waals surface area (Å²) in [6.07, 6.45) is 0.953. The van der Waals surface area contributed by atoms with E-state index in [0.717, 1.165) is 51.3 Å². The standard InChI is InChI=1S/C13H21N5O/c1-16-5-7-18(8-6-16)13(19)12-10-9-14-4-3-11(10)17(2)15-12/h14H,3-9H2,1-2H3. The van der Waals surface area contributed by atoms with E-state index < -0.39 is 0 Å². The average molecular weight is 263 g/mol. The van der Waals surface area contributed by atoms with E-state index in [1.54, 1.807) is 0 Å². The van der Waals surface area contributed by atoms with E-state index in [-0.39, 0.29) is 5.91 Å². The number of aryl methyl sites for hydroxylation is 1. The van der Waals surface area contributed by atoms with Crippen LogP contribution in [0.3, 0.4) is 0 Å². The van der Waals surface area contributed by atoms with Crippen LogP contribution in [0.15, 0.2) is 0 Å². The molecule has 0 unspecified atom stereocenters. The smallest absolute Gasteiger partial charge is 0.274 e. The Labute approximate surface area is 113 Å². The highest BCUT2D eigenvalue weighted by Crippen LogP contribution is 2.19. The van der Waals surface area contributed by atoms with Crippen molar-refractivity contribution in [3.63, 3.8) is 0 Å². The Morgan fingerprint density at radius 3 is 2.68 bits per heavy atom. The summed E-state index contributed by atoms with van der Waals surface area (Å²) in [7, 11) is 4.03. The van der Waals surface area contributed by atoms with Crippen molar-refractivity contribution in [1.29, 1.82) is 0 Å². The van der Waals surface area contributed by atoms with Gasteiger partial charge in [-0.2, -0.15) is 5.10 Å². The summed E-state index contributed by atoms with van der Waals surface area (Å²) in [4.78, 5) is 16.8. The van der Waals surface area contributed by atoms with Crippen molar-refractivity contribution in [2.75, 3.05) is 39.8 Å². The molecule has 1 N–H and O–H groups in total. The number of fused-ring (bicyclic) bond motifs is 1. The normalized spacial score (nSPS) is 20.4. The second kappa shape index (κ2) is 4.94. The minimum Gasteiger partial charge on any atom is -0.335 e. The average Bonchev–Trinajstić information content (AvgIpc) is 2.77. The first-order chi connectivity index (χ1) is 9.16. The van der Waals surface area contributed by atoms with E-state index in [0.29, 0.717) is 5.69 Å². The number of nitrogens with one attached hydrogen (secondary N) is 1. The van der Waals surface area contributed by atoms with Crippen molar-refractivity contribution in [2.24, 2.45) is 7.05 Å². The van der Waals surface area contributed by atoms with Crippen LogP contribution >= 0.6 is 0 Å². The number of nitrogens with zero attached hydrogens (tertiary/aromatic N) is 4. The van der Waals surface area contributed by atoms with Crippen LogP contribution in [0.4, 0.5) is 0 Å². The van der Waals surface area contributed by atoms with Gasteiger partial charge in [0, 0.05) is 64.0 Å². The molecule has 0 spiro atoms. The molecule has 19 heavy (non-hydrogen) atoms. The lowest BCUT2D eigenvalue weighted by atomic mass is 10.1. The third kappa shape index (κ3) is 2.26. The molecule has 1 aromatic rings. The van der Waals surface area contributed by atoms with Crippen molar-refractivity contribution in [1.82, 2.24) is 24.9 Å². The second-order valence-electron chi connectivity index (χ2n) is 5.42. The summed E-state index contributed by atoms with van der Waals surface area (Å²) in [5.41, 5.74) is 2.95. The number of rotatable bonds is 1. The summed E-state index contributed by atoms with van der Waals surface area (Å²) in [6, 6.07) is 0. The van der Waals surface area contributed by atoms with Gasteiger partial charge < -0.3 is 15.1 Å². The molecule has 2 aliphatic rings. The minimum absolute atomic E-state index is 0.0913. The molecule has 2 aliphatic heterocycles. The van der Waals surface area contributed by atoms with Crippen molar-refractivity contribution in [3.05, 3.63) is 17.0 Å². The Morgan fingerprint density at radius 1 is 1.21 bits per heavy atom. The Hall–Kier alpha value is -1.40. The maximum absolute atomic E-state index is 12.6. The van der Waals surface area contributed by atoms with Crippen LogP contribution in [-0.4, -0.2) is 65.3 Å². The molecule has 0 aromatic carbocycles. The summed E-state index contributed by atoms with van der Waals surface area (Å²) in [5.74, 6) is 0.0913. The van der Waals surface area contributed by atoms with E-state index >= 15 is 0 Å². The molecule has 6 nitrogen and oxygen atoms in total. The third-order valence-corrected chi connectivity index (χ3v) is 4.11. The van der Waals surface area contributed by atoms with E-state index in [1.165, 1.54) is 5.69 Å². The molecule has 0 saturated carbocycles. The predicted molar refractivity (Wildman–Crippen MR) is 72.0 cm³/mol. The first-order valence-corrected chi connectivity index (χ1v) is 6.90. The zero-order chi connectivity index (χ0) is 13.4. The summed E-state index contributed by atoms with van der Waals surface area (Å²) in [6.45, 7) is 5.22. The molecular formula is C13H21N5O. The van der Waals surface area contributed by atoms with Gasteiger partial charge in [-0.1, -0.05) is 0 Å². The predicted octanol–water partition coefficient (Wildman–Crippen LogP) is -0.547. The lowest BCUT2D eigenvalue weighted by molar-refractivity contribution is 0.0656. The molecule has 1 saturated heterocycles. The van der Waals surface area contributed by atoms with E-state index in [2.05, 4.69) is 22.4 Å². The summed E-state index contributed by atoms with van der Waals surface area (Å²) < 4.78 is 1.87. The molecule has 0 bridgehead atoms. The Balaban J connectivity index is 1.84. The van der Waals surface area contributed by atoms with Gasteiger partial charge in [-0.25, -0.2) is 0 Å². The van der Waals surface area contributed by atoms with E-state index in [4.69, 9.17) is 0 Å².